The summed E-state index contributed by atoms with van der Waals surface area (Å²) in [6, 6.07) is 14.3. The summed E-state index contributed by atoms with van der Waals surface area (Å²) in [4.78, 5) is 0.927. The SMILES string of the molecule is CCSc1ccccc1NS(=O)(=O)Cc1cccc(N)c1. The summed E-state index contributed by atoms with van der Waals surface area (Å²) in [6.45, 7) is 2.03. The number of nitrogens with one attached hydrogen (secondary N) is 1. The summed E-state index contributed by atoms with van der Waals surface area (Å²) in [5, 5.41) is 0. The minimum Gasteiger partial charge on any atom is -0.399 e. The lowest BCUT2D eigenvalue weighted by Gasteiger charge is -2.12. The first-order valence-electron chi connectivity index (χ1n) is 6.57. The summed E-state index contributed by atoms with van der Waals surface area (Å²) in [7, 11) is -3.46. The Kier molecular flexibility index (Phi) is 5.14. The lowest BCUT2D eigenvalue weighted by Crippen LogP contribution is -2.15. The van der Waals surface area contributed by atoms with Crippen LogP contribution in [0.4, 0.5) is 11.4 Å². The molecule has 0 aliphatic heterocycles. The molecule has 0 spiro atoms. The Balaban J connectivity index is 2.18. The van der Waals surface area contributed by atoms with Crippen molar-refractivity contribution in [2.24, 2.45) is 0 Å². The Morgan fingerprint density at radius 2 is 1.90 bits per heavy atom. The van der Waals surface area contributed by atoms with Crippen molar-refractivity contribution in [3.8, 4) is 0 Å². The van der Waals surface area contributed by atoms with Crippen LogP contribution in [0.2, 0.25) is 0 Å². The average molecular weight is 322 g/mol. The van der Waals surface area contributed by atoms with Crippen molar-refractivity contribution in [3.63, 3.8) is 0 Å². The maximum atomic E-state index is 12.3. The molecule has 0 aliphatic rings. The molecule has 3 N–H and O–H groups in total. The Labute approximate surface area is 129 Å². The maximum absolute atomic E-state index is 12.3. The number of nitrogens with two attached hydrogens (primary N) is 1. The van der Waals surface area contributed by atoms with Crippen molar-refractivity contribution in [3.05, 3.63) is 54.1 Å². The molecule has 0 bridgehead atoms. The van der Waals surface area contributed by atoms with Gasteiger partial charge in [0.15, 0.2) is 0 Å². The van der Waals surface area contributed by atoms with Crippen LogP contribution >= 0.6 is 11.8 Å². The first-order valence-corrected chi connectivity index (χ1v) is 9.20. The Morgan fingerprint density at radius 3 is 2.62 bits per heavy atom. The third kappa shape index (κ3) is 4.68. The van der Waals surface area contributed by atoms with Gasteiger partial charge in [-0.05, 0) is 35.6 Å². The zero-order valence-electron chi connectivity index (χ0n) is 11.7. The molecule has 6 heteroatoms. The van der Waals surface area contributed by atoms with Gasteiger partial charge in [-0.3, -0.25) is 4.72 Å². The van der Waals surface area contributed by atoms with Crippen molar-refractivity contribution < 1.29 is 8.42 Å². The minimum atomic E-state index is -3.46. The fourth-order valence-corrected chi connectivity index (χ4v) is 3.97. The normalized spacial score (nSPS) is 11.3. The van der Waals surface area contributed by atoms with Crippen LogP contribution in [0.3, 0.4) is 0 Å². The van der Waals surface area contributed by atoms with Crippen molar-refractivity contribution in [2.45, 2.75) is 17.6 Å². The molecule has 21 heavy (non-hydrogen) atoms. The third-order valence-corrected chi connectivity index (χ3v) is 4.96. The lowest BCUT2D eigenvalue weighted by atomic mass is 10.2. The third-order valence-electron chi connectivity index (χ3n) is 2.76. The number of para-hydroxylation sites is 1. The highest BCUT2D eigenvalue weighted by Crippen LogP contribution is 2.27. The highest BCUT2D eigenvalue weighted by Gasteiger charge is 2.14. The Bertz CT molecular complexity index is 715. The van der Waals surface area contributed by atoms with E-state index in [4.69, 9.17) is 5.73 Å². The van der Waals surface area contributed by atoms with Crippen LogP contribution in [-0.4, -0.2) is 14.2 Å². The summed E-state index contributed by atoms with van der Waals surface area (Å²) < 4.78 is 27.2. The zero-order valence-corrected chi connectivity index (χ0v) is 13.4. The van der Waals surface area contributed by atoms with Gasteiger partial charge < -0.3 is 5.73 Å². The quantitative estimate of drug-likeness (QED) is 0.632. The van der Waals surface area contributed by atoms with Crippen molar-refractivity contribution in [1.29, 1.82) is 0 Å². The molecule has 0 unspecified atom stereocenters. The Morgan fingerprint density at radius 1 is 1.14 bits per heavy atom. The molecule has 0 saturated heterocycles. The molecule has 112 valence electrons. The van der Waals surface area contributed by atoms with E-state index in [0.29, 0.717) is 16.9 Å². The molecule has 2 aromatic carbocycles. The van der Waals surface area contributed by atoms with Gasteiger partial charge in [-0.1, -0.05) is 31.2 Å². The molecule has 0 radical (unpaired) electrons. The topological polar surface area (TPSA) is 72.2 Å². The van der Waals surface area contributed by atoms with Gasteiger partial charge in [0.05, 0.1) is 11.4 Å². The summed E-state index contributed by atoms with van der Waals surface area (Å²) in [6.07, 6.45) is 0. The smallest absolute Gasteiger partial charge is 0.236 e. The molecule has 0 aliphatic carbocycles. The van der Waals surface area contributed by atoms with Crippen LogP contribution in [0, 0.1) is 0 Å². The number of rotatable bonds is 6. The maximum Gasteiger partial charge on any atom is 0.236 e. The van der Waals surface area contributed by atoms with E-state index in [2.05, 4.69) is 4.72 Å². The first kappa shape index (κ1) is 15.7. The van der Waals surface area contributed by atoms with Gasteiger partial charge in [0.25, 0.3) is 0 Å². The van der Waals surface area contributed by atoms with E-state index in [-0.39, 0.29) is 5.75 Å². The molecule has 0 aromatic heterocycles. The van der Waals surface area contributed by atoms with E-state index in [1.165, 1.54) is 0 Å². The van der Waals surface area contributed by atoms with Gasteiger partial charge in [-0.2, -0.15) is 0 Å². The van der Waals surface area contributed by atoms with Gasteiger partial charge in [-0.15, -0.1) is 11.8 Å². The highest BCUT2D eigenvalue weighted by atomic mass is 32.2. The van der Waals surface area contributed by atoms with E-state index in [0.717, 1.165) is 10.6 Å². The van der Waals surface area contributed by atoms with E-state index in [1.54, 1.807) is 42.1 Å². The van der Waals surface area contributed by atoms with E-state index < -0.39 is 10.0 Å². The van der Waals surface area contributed by atoms with Crippen molar-refractivity contribution in [2.75, 3.05) is 16.2 Å². The molecule has 2 aromatic rings. The van der Waals surface area contributed by atoms with Crippen LogP contribution in [0.25, 0.3) is 0 Å². The number of hydrogen-bond donors (Lipinski definition) is 2. The molecule has 2 rings (SSSR count). The van der Waals surface area contributed by atoms with Crippen LogP contribution in [0.15, 0.2) is 53.4 Å². The van der Waals surface area contributed by atoms with Crippen LogP contribution in [-0.2, 0) is 15.8 Å². The summed E-state index contributed by atoms with van der Waals surface area (Å²) in [5.41, 5.74) is 7.52. The second kappa shape index (κ2) is 6.87. The second-order valence-electron chi connectivity index (χ2n) is 4.54. The first-order chi connectivity index (χ1) is 10.00. The van der Waals surface area contributed by atoms with Crippen LogP contribution < -0.4 is 10.5 Å². The number of benzene rings is 2. The van der Waals surface area contributed by atoms with Crippen LogP contribution in [0.1, 0.15) is 12.5 Å². The van der Waals surface area contributed by atoms with Gasteiger partial charge in [-0.25, -0.2) is 8.42 Å². The van der Waals surface area contributed by atoms with E-state index in [9.17, 15) is 8.42 Å². The molecule has 0 heterocycles. The lowest BCUT2D eigenvalue weighted by molar-refractivity contribution is 0.600. The largest absolute Gasteiger partial charge is 0.399 e. The van der Waals surface area contributed by atoms with Gasteiger partial charge in [0, 0.05) is 10.6 Å². The van der Waals surface area contributed by atoms with Gasteiger partial charge in [0.2, 0.25) is 10.0 Å². The van der Waals surface area contributed by atoms with Gasteiger partial charge in [0.1, 0.15) is 0 Å². The van der Waals surface area contributed by atoms with Crippen molar-refractivity contribution in [1.82, 2.24) is 0 Å². The predicted octanol–water partition coefficient (Wildman–Crippen LogP) is 3.32. The Hall–Kier alpha value is -1.66. The number of nitrogen functional groups attached to an aromatic ring is 1. The van der Waals surface area contributed by atoms with Crippen molar-refractivity contribution >= 4 is 33.2 Å². The number of thioether (sulfide) groups is 1. The second-order valence-corrected chi connectivity index (χ2v) is 7.56. The summed E-state index contributed by atoms with van der Waals surface area (Å²) in [5.74, 6) is 0.789. The molecule has 0 saturated carbocycles. The molecule has 0 atom stereocenters. The number of anilines is 2. The van der Waals surface area contributed by atoms with Crippen LogP contribution in [0.5, 0.6) is 0 Å². The fraction of sp³-hybridized carbons (Fsp3) is 0.200. The summed E-state index contributed by atoms with van der Waals surface area (Å²) >= 11 is 1.60. The highest BCUT2D eigenvalue weighted by molar-refractivity contribution is 7.99. The average Bonchev–Trinajstić information content (AvgIpc) is 2.40. The molecular formula is C15H18N2O2S2. The molecule has 4 nitrogen and oxygen atoms in total. The fourth-order valence-electron chi connectivity index (χ4n) is 1.94. The van der Waals surface area contributed by atoms with E-state index in [1.807, 2.05) is 25.1 Å². The zero-order chi connectivity index (χ0) is 15.3. The molecule has 0 amide bonds. The monoisotopic (exact) mass is 322 g/mol. The number of hydrogen-bond acceptors (Lipinski definition) is 4. The van der Waals surface area contributed by atoms with E-state index >= 15 is 0 Å². The van der Waals surface area contributed by atoms with Gasteiger partial charge >= 0.3 is 0 Å². The molecule has 0 fully saturated rings. The minimum absolute atomic E-state index is 0.0941. The number of sulfonamides is 1. The predicted molar refractivity (Wildman–Crippen MR) is 89.9 cm³/mol. The molecular weight excluding hydrogens is 304 g/mol. The standard InChI is InChI=1S/C15H18N2O2S2/c1-2-20-15-9-4-3-8-14(15)17-21(18,19)11-12-6-5-7-13(16)10-12/h3-10,17H,2,11,16H2,1H3.